The van der Waals surface area contributed by atoms with Crippen molar-refractivity contribution in [1.29, 1.82) is 0 Å². The van der Waals surface area contributed by atoms with Crippen LogP contribution in [0.3, 0.4) is 0 Å². The summed E-state index contributed by atoms with van der Waals surface area (Å²) in [5.41, 5.74) is 0.897. The zero-order valence-corrected chi connectivity index (χ0v) is 18.0. The molecule has 3 heterocycles. The molecule has 0 bridgehead atoms. The lowest BCUT2D eigenvalue weighted by Crippen LogP contribution is -2.50. The number of ether oxygens (including phenoxy) is 1. The van der Waals surface area contributed by atoms with Crippen LogP contribution in [0.2, 0.25) is 0 Å². The number of carbonyl (C=O) groups is 1. The SMILES string of the molecule is CCCCN1CCC[C@H]1c1cccnc1N1CCN(C(=O)OC(C)(C)C)CC1. The van der Waals surface area contributed by atoms with Crippen LogP contribution in [0.1, 0.15) is 65.0 Å². The average molecular weight is 389 g/mol. The Labute approximate surface area is 169 Å². The minimum absolute atomic E-state index is 0.213. The van der Waals surface area contributed by atoms with Crippen molar-refractivity contribution in [2.24, 2.45) is 0 Å². The standard InChI is InChI=1S/C22H36N4O2/c1-5-6-12-24-13-8-10-19(24)18-9-7-11-23-20(18)25-14-16-26(17-15-25)21(27)28-22(2,3)4/h7,9,11,19H,5-6,8,10,12-17H2,1-4H3/t19-/m0/s1. The third-order valence-electron chi connectivity index (χ3n) is 5.57. The highest BCUT2D eigenvalue weighted by Crippen LogP contribution is 2.36. The van der Waals surface area contributed by atoms with Crippen LogP contribution in [-0.2, 0) is 4.74 Å². The van der Waals surface area contributed by atoms with E-state index in [9.17, 15) is 4.79 Å². The molecule has 3 rings (SSSR count). The molecule has 2 fully saturated rings. The molecule has 2 aliphatic heterocycles. The maximum absolute atomic E-state index is 12.3. The first-order valence-corrected chi connectivity index (χ1v) is 10.8. The Kier molecular flexibility index (Phi) is 6.81. The molecule has 0 saturated carbocycles. The number of hydrogen-bond acceptors (Lipinski definition) is 5. The molecule has 0 aliphatic carbocycles. The number of piperazine rings is 1. The molecule has 0 radical (unpaired) electrons. The van der Waals surface area contributed by atoms with E-state index in [1.165, 1.54) is 44.3 Å². The molecule has 1 atom stereocenters. The number of likely N-dealkylation sites (tertiary alicyclic amines) is 1. The Bertz CT molecular complexity index is 650. The predicted molar refractivity (Wildman–Crippen MR) is 113 cm³/mol. The predicted octanol–water partition coefficient (Wildman–Crippen LogP) is 4.08. The van der Waals surface area contributed by atoms with E-state index in [-0.39, 0.29) is 6.09 Å². The minimum Gasteiger partial charge on any atom is -0.444 e. The molecular formula is C22H36N4O2. The average Bonchev–Trinajstić information content (AvgIpc) is 3.13. The van der Waals surface area contributed by atoms with E-state index in [2.05, 4.69) is 28.9 Å². The molecule has 1 aromatic heterocycles. The van der Waals surface area contributed by atoms with E-state index in [0.717, 1.165) is 18.9 Å². The van der Waals surface area contributed by atoms with E-state index < -0.39 is 5.60 Å². The largest absolute Gasteiger partial charge is 0.444 e. The van der Waals surface area contributed by atoms with Crippen molar-refractivity contribution in [2.75, 3.05) is 44.2 Å². The molecule has 0 N–H and O–H groups in total. The number of nitrogens with zero attached hydrogens (tertiary/aromatic N) is 4. The number of unbranched alkanes of at least 4 members (excludes halogenated alkanes) is 1. The summed E-state index contributed by atoms with van der Waals surface area (Å²) >= 11 is 0. The van der Waals surface area contributed by atoms with E-state index in [4.69, 9.17) is 9.72 Å². The maximum Gasteiger partial charge on any atom is 0.410 e. The fraction of sp³-hybridized carbons (Fsp3) is 0.727. The van der Waals surface area contributed by atoms with Crippen molar-refractivity contribution in [3.8, 4) is 0 Å². The first-order chi connectivity index (χ1) is 13.4. The van der Waals surface area contributed by atoms with Gasteiger partial charge in [-0.3, -0.25) is 4.90 Å². The molecule has 1 amide bonds. The van der Waals surface area contributed by atoms with Gasteiger partial charge in [-0.25, -0.2) is 9.78 Å². The summed E-state index contributed by atoms with van der Waals surface area (Å²) in [5, 5.41) is 0. The fourth-order valence-electron chi connectivity index (χ4n) is 4.17. The number of pyridine rings is 1. The number of amides is 1. The van der Waals surface area contributed by atoms with Gasteiger partial charge in [0.25, 0.3) is 0 Å². The summed E-state index contributed by atoms with van der Waals surface area (Å²) in [7, 11) is 0. The lowest BCUT2D eigenvalue weighted by atomic mass is 10.0. The second-order valence-corrected chi connectivity index (χ2v) is 8.92. The van der Waals surface area contributed by atoms with Crippen molar-refractivity contribution in [3.05, 3.63) is 23.9 Å². The van der Waals surface area contributed by atoms with Gasteiger partial charge in [-0.2, -0.15) is 0 Å². The molecule has 2 saturated heterocycles. The number of rotatable bonds is 5. The molecular weight excluding hydrogens is 352 g/mol. The van der Waals surface area contributed by atoms with Gasteiger partial charge in [0.2, 0.25) is 0 Å². The summed E-state index contributed by atoms with van der Waals surface area (Å²) in [6.45, 7) is 13.3. The number of hydrogen-bond donors (Lipinski definition) is 0. The van der Waals surface area contributed by atoms with Crippen LogP contribution in [0.5, 0.6) is 0 Å². The minimum atomic E-state index is -0.452. The van der Waals surface area contributed by atoms with Gasteiger partial charge < -0.3 is 14.5 Å². The second kappa shape index (κ2) is 9.12. The number of carbonyl (C=O) groups excluding carboxylic acids is 1. The molecule has 2 aliphatic rings. The number of aromatic nitrogens is 1. The van der Waals surface area contributed by atoms with Crippen LogP contribution >= 0.6 is 0 Å². The Balaban J connectivity index is 1.66. The van der Waals surface area contributed by atoms with Crippen LogP contribution in [0.15, 0.2) is 18.3 Å². The van der Waals surface area contributed by atoms with E-state index in [0.29, 0.717) is 19.1 Å². The van der Waals surface area contributed by atoms with Gasteiger partial charge in [0.15, 0.2) is 0 Å². The highest BCUT2D eigenvalue weighted by Gasteiger charge is 2.31. The van der Waals surface area contributed by atoms with E-state index in [1.807, 2.05) is 31.9 Å². The Morgan fingerprint density at radius 2 is 1.96 bits per heavy atom. The highest BCUT2D eigenvalue weighted by molar-refractivity contribution is 5.68. The Morgan fingerprint density at radius 3 is 2.64 bits per heavy atom. The van der Waals surface area contributed by atoms with Crippen LogP contribution in [-0.4, -0.2) is 65.7 Å². The third-order valence-corrected chi connectivity index (χ3v) is 5.57. The quantitative estimate of drug-likeness (QED) is 0.761. The Morgan fingerprint density at radius 1 is 1.21 bits per heavy atom. The van der Waals surface area contributed by atoms with Crippen molar-refractivity contribution in [1.82, 2.24) is 14.8 Å². The zero-order valence-electron chi connectivity index (χ0n) is 18.0. The van der Waals surface area contributed by atoms with Gasteiger partial charge in [-0.1, -0.05) is 19.4 Å². The molecule has 1 aromatic rings. The second-order valence-electron chi connectivity index (χ2n) is 8.92. The van der Waals surface area contributed by atoms with Crippen LogP contribution in [0, 0.1) is 0 Å². The maximum atomic E-state index is 12.3. The van der Waals surface area contributed by atoms with Gasteiger partial charge in [0, 0.05) is 44.0 Å². The van der Waals surface area contributed by atoms with Crippen LogP contribution in [0.25, 0.3) is 0 Å². The first kappa shape index (κ1) is 20.9. The van der Waals surface area contributed by atoms with E-state index in [1.54, 1.807) is 0 Å². The molecule has 156 valence electrons. The molecule has 28 heavy (non-hydrogen) atoms. The normalized spacial score (nSPS) is 21.2. The summed E-state index contributed by atoms with van der Waals surface area (Å²) in [5.74, 6) is 1.10. The van der Waals surface area contributed by atoms with Gasteiger partial charge >= 0.3 is 6.09 Å². The zero-order chi connectivity index (χ0) is 20.1. The third kappa shape index (κ3) is 5.16. The monoisotopic (exact) mass is 388 g/mol. The smallest absolute Gasteiger partial charge is 0.410 e. The number of anilines is 1. The molecule has 0 unspecified atom stereocenters. The van der Waals surface area contributed by atoms with Gasteiger partial charge in [-0.15, -0.1) is 0 Å². The van der Waals surface area contributed by atoms with Crippen LogP contribution in [0.4, 0.5) is 10.6 Å². The topological polar surface area (TPSA) is 48.9 Å². The lowest BCUT2D eigenvalue weighted by Gasteiger charge is -2.37. The summed E-state index contributed by atoms with van der Waals surface area (Å²) in [6, 6.07) is 4.78. The van der Waals surface area contributed by atoms with Gasteiger partial charge in [0.05, 0.1) is 0 Å². The molecule has 0 aromatic carbocycles. The Hall–Kier alpha value is -1.82. The summed E-state index contributed by atoms with van der Waals surface area (Å²) in [4.78, 5) is 23.9. The van der Waals surface area contributed by atoms with Crippen molar-refractivity contribution >= 4 is 11.9 Å². The molecule has 6 nitrogen and oxygen atoms in total. The first-order valence-electron chi connectivity index (χ1n) is 10.8. The fourth-order valence-corrected chi connectivity index (χ4v) is 4.17. The van der Waals surface area contributed by atoms with Crippen molar-refractivity contribution < 1.29 is 9.53 Å². The molecule has 0 spiro atoms. The molecule has 6 heteroatoms. The van der Waals surface area contributed by atoms with Crippen molar-refractivity contribution in [2.45, 2.75) is 65.0 Å². The van der Waals surface area contributed by atoms with Gasteiger partial charge in [0.1, 0.15) is 11.4 Å². The lowest BCUT2D eigenvalue weighted by molar-refractivity contribution is 0.0240. The van der Waals surface area contributed by atoms with Crippen molar-refractivity contribution in [3.63, 3.8) is 0 Å². The summed E-state index contributed by atoms with van der Waals surface area (Å²) in [6.07, 6.45) is 6.63. The van der Waals surface area contributed by atoms with Gasteiger partial charge in [-0.05, 0) is 59.2 Å². The summed E-state index contributed by atoms with van der Waals surface area (Å²) < 4.78 is 5.52. The highest BCUT2D eigenvalue weighted by atomic mass is 16.6. The van der Waals surface area contributed by atoms with Crippen LogP contribution < -0.4 is 4.90 Å². The van der Waals surface area contributed by atoms with E-state index >= 15 is 0 Å².